The Hall–Kier alpha value is -2.10. The molecule has 0 aliphatic rings. The van der Waals surface area contributed by atoms with Crippen LogP contribution in [0.2, 0.25) is 0 Å². The Labute approximate surface area is 107 Å². The molecule has 18 heavy (non-hydrogen) atoms. The van der Waals surface area contributed by atoms with Crippen LogP contribution in [0.25, 0.3) is 0 Å². The number of ketones is 1. The maximum atomic E-state index is 11.8. The van der Waals surface area contributed by atoms with E-state index in [1.165, 1.54) is 13.1 Å². The zero-order valence-corrected chi connectivity index (χ0v) is 10.8. The van der Waals surface area contributed by atoms with Gasteiger partial charge in [-0.25, -0.2) is 4.79 Å². The first-order chi connectivity index (χ1) is 8.50. The summed E-state index contributed by atoms with van der Waals surface area (Å²) in [5, 5.41) is 0. The quantitative estimate of drug-likeness (QED) is 0.344. The second-order valence-corrected chi connectivity index (χ2v) is 4.12. The van der Waals surface area contributed by atoms with Gasteiger partial charge in [-0.1, -0.05) is 30.3 Å². The fourth-order valence-corrected chi connectivity index (χ4v) is 1.35. The Balaban J connectivity index is 2.66. The standard InChI is InChI=1S/C14H17NO3/c1-11(16)13(9-15(2)3)14(17)18-10-12-7-5-4-6-8-12/h4-9H,10H2,1-3H3/b13-9-. The molecule has 0 aromatic heterocycles. The molecule has 1 aromatic rings. The van der Waals surface area contributed by atoms with Crippen LogP contribution in [0.5, 0.6) is 0 Å². The molecule has 4 nitrogen and oxygen atoms in total. The Morgan fingerprint density at radius 1 is 1.22 bits per heavy atom. The molecule has 0 aliphatic carbocycles. The highest BCUT2D eigenvalue weighted by Gasteiger charge is 2.16. The molecule has 0 amide bonds. The van der Waals surface area contributed by atoms with E-state index in [0.717, 1.165) is 5.56 Å². The van der Waals surface area contributed by atoms with E-state index < -0.39 is 5.97 Å². The van der Waals surface area contributed by atoms with Gasteiger partial charge >= 0.3 is 5.97 Å². The normalized spacial score (nSPS) is 10.9. The van der Waals surface area contributed by atoms with Gasteiger partial charge in [-0.3, -0.25) is 4.79 Å². The van der Waals surface area contributed by atoms with Gasteiger partial charge in [-0.15, -0.1) is 0 Å². The van der Waals surface area contributed by atoms with Crippen molar-refractivity contribution in [3.05, 3.63) is 47.7 Å². The molecule has 0 spiro atoms. The number of Topliss-reactive ketones (excluding diaryl/α,β-unsaturated/α-hetero) is 1. The highest BCUT2D eigenvalue weighted by Crippen LogP contribution is 2.06. The predicted octanol–water partition coefficient (Wildman–Crippen LogP) is 1.76. The second kappa shape index (κ2) is 6.59. The molecular formula is C14H17NO3. The van der Waals surface area contributed by atoms with Gasteiger partial charge in [-0.2, -0.15) is 0 Å². The van der Waals surface area contributed by atoms with Gasteiger partial charge in [0.1, 0.15) is 12.2 Å². The molecular weight excluding hydrogens is 230 g/mol. The van der Waals surface area contributed by atoms with Crippen LogP contribution in [0, 0.1) is 0 Å². The Morgan fingerprint density at radius 2 is 1.83 bits per heavy atom. The SMILES string of the molecule is CC(=O)/C(=C/N(C)C)C(=O)OCc1ccccc1. The third-order valence-corrected chi connectivity index (χ3v) is 2.20. The van der Waals surface area contributed by atoms with E-state index in [-0.39, 0.29) is 18.0 Å². The van der Waals surface area contributed by atoms with Crippen LogP contribution in [0.4, 0.5) is 0 Å². The van der Waals surface area contributed by atoms with E-state index in [0.29, 0.717) is 0 Å². The average Bonchev–Trinajstić information content (AvgIpc) is 2.34. The smallest absolute Gasteiger partial charge is 0.343 e. The molecule has 0 atom stereocenters. The first-order valence-corrected chi connectivity index (χ1v) is 5.61. The van der Waals surface area contributed by atoms with Gasteiger partial charge in [0.25, 0.3) is 0 Å². The average molecular weight is 247 g/mol. The van der Waals surface area contributed by atoms with Crippen LogP contribution in [0.1, 0.15) is 12.5 Å². The maximum absolute atomic E-state index is 11.8. The highest BCUT2D eigenvalue weighted by molar-refractivity contribution is 6.16. The third kappa shape index (κ3) is 4.41. The number of hydrogen-bond donors (Lipinski definition) is 0. The van der Waals surface area contributed by atoms with Crippen molar-refractivity contribution in [1.29, 1.82) is 0 Å². The minimum atomic E-state index is -0.597. The Kier molecular flexibility index (Phi) is 5.11. The minimum Gasteiger partial charge on any atom is -0.457 e. The van der Waals surface area contributed by atoms with Crippen molar-refractivity contribution < 1.29 is 14.3 Å². The van der Waals surface area contributed by atoms with Crippen LogP contribution < -0.4 is 0 Å². The van der Waals surface area contributed by atoms with Crippen molar-refractivity contribution in [2.24, 2.45) is 0 Å². The van der Waals surface area contributed by atoms with Crippen molar-refractivity contribution in [2.45, 2.75) is 13.5 Å². The van der Waals surface area contributed by atoms with E-state index in [1.54, 1.807) is 19.0 Å². The van der Waals surface area contributed by atoms with E-state index in [9.17, 15) is 9.59 Å². The van der Waals surface area contributed by atoms with E-state index in [1.807, 2.05) is 30.3 Å². The van der Waals surface area contributed by atoms with Gasteiger partial charge in [0, 0.05) is 20.3 Å². The Bertz CT molecular complexity index is 449. The number of carbonyl (C=O) groups is 2. The topological polar surface area (TPSA) is 46.6 Å². The molecule has 0 fully saturated rings. The zero-order chi connectivity index (χ0) is 13.5. The number of benzene rings is 1. The summed E-state index contributed by atoms with van der Waals surface area (Å²) in [7, 11) is 3.49. The van der Waals surface area contributed by atoms with Crippen LogP contribution in [0.15, 0.2) is 42.1 Å². The summed E-state index contributed by atoms with van der Waals surface area (Å²) < 4.78 is 5.10. The lowest BCUT2D eigenvalue weighted by molar-refractivity contribution is -0.141. The van der Waals surface area contributed by atoms with Crippen molar-refractivity contribution in [3.63, 3.8) is 0 Å². The van der Waals surface area contributed by atoms with Crippen molar-refractivity contribution in [3.8, 4) is 0 Å². The summed E-state index contributed by atoms with van der Waals surface area (Å²) in [5.41, 5.74) is 0.939. The number of rotatable bonds is 5. The summed E-state index contributed by atoms with van der Waals surface area (Å²) in [5.74, 6) is -0.901. The Morgan fingerprint density at radius 3 is 2.33 bits per heavy atom. The van der Waals surface area contributed by atoms with Gasteiger partial charge in [0.05, 0.1) is 0 Å². The lowest BCUT2D eigenvalue weighted by Gasteiger charge is -2.09. The summed E-state index contributed by atoms with van der Waals surface area (Å²) in [6.45, 7) is 1.51. The lowest BCUT2D eigenvalue weighted by atomic mass is 10.2. The molecule has 0 bridgehead atoms. The molecule has 0 radical (unpaired) electrons. The predicted molar refractivity (Wildman–Crippen MR) is 68.7 cm³/mol. The van der Waals surface area contributed by atoms with Gasteiger partial charge in [-0.05, 0) is 12.5 Å². The molecule has 0 saturated heterocycles. The third-order valence-electron chi connectivity index (χ3n) is 2.20. The summed E-state index contributed by atoms with van der Waals surface area (Å²) in [4.78, 5) is 24.7. The molecule has 0 unspecified atom stereocenters. The molecule has 1 rings (SSSR count). The fraction of sp³-hybridized carbons (Fsp3) is 0.286. The number of carbonyl (C=O) groups excluding carboxylic acids is 2. The second-order valence-electron chi connectivity index (χ2n) is 4.12. The summed E-state index contributed by atoms with van der Waals surface area (Å²) >= 11 is 0. The summed E-state index contributed by atoms with van der Waals surface area (Å²) in [6, 6.07) is 9.33. The minimum absolute atomic E-state index is 0.0518. The number of esters is 1. The molecule has 96 valence electrons. The molecule has 0 aliphatic heterocycles. The van der Waals surface area contributed by atoms with E-state index in [2.05, 4.69) is 0 Å². The van der Waals surface area contributed by atoms with E-state index >= 15 is 0 Å². The molecule has 0 saturated carbocycles. The van der Waals surface area contributed by atoms with Crippen LogP contribution in [-0.4, -0.2) is 30.7 Å². The fourth-order valence-electron chi connectivity index (χ4n) is 1.35. The number of nitrogens with zero attached hydrogens (tertiary/aromatic N) is 1. The molecule has 4 heteroatoms. The number of hydrogen-bond acceptors (Lipinski definition) is 4. The van der Waals surface area contributed by atoms with Gasteiger partial charge < -0.3 is 9.64 Å². The van der Waals surface area contributed by atoms with Gasteiger partial charge in [0.15, 0.2) is 5.78 Å². The first-order valence-electron chi connectivity index (χ1n) is 5.61. The van der Waals surface area contributed by atoms with Gasteiger partial charge in [0.2, 0.25) is 0 Å². The number of ether oxygens (including phenoxy) is 1. The maximum Gasteiger partial charge on any atom is 0.343 e. The van der Waals surface area contributed by atoms with Crippen LogP contribution in [0.3, 0.4) is 0 Å². The van der Waals surface area contributed by atoms with Crippen molar-refractivity contribution in [1.82, 2.24) is 4.90 Å². The molecule has 0 N–H and O–H groups in total. The first kappa shape index (κ1) is 14.0. The largest absolute Gasteiger partial charge is 0.457 e. The zero-order valence-electron chi connectivity index (χ0n) is 10.8. The van der Waals surface area contributed by atoms with Crippen molar-refractivity contribution >= 4 is 11.8 Å². The molecule has 1 aromatic carbocycles. The highest BCUT2D eigenvalue weighted by atomic mass is 16.5. The van der Waals surface area contributed by atoms with Crippen LogP contribution >= 0.6 is 0 Å². The van der Waals surface area contributed by atoms with E-state index in [4.69, 9.17) is 4.74 Å². The molecule has 0 heterocycles. The lowest BCUT2D eigenvalue weighted by Crippen LogP contribution is -2.17. The summed E-state index contributed by atoms with van der Waals surface area (Å²) in [6.07, 6.45) is 1.47. The van der Waals surface area contributed by atoms with Crippen LogP contribution in [-0.2, 0) is 20.9 Å². The van der Waals surface area contributed by atoms with Crippen molar-refractivity contribution in [2.75, 3.05) is 14.1 Å². The monoisotopic (exact) mass is 247 g/mol.